The topological polar surface area (TPSA) is 86.9 Å². The van der Waals surface area contributed by atoms with E-state index in [1.807, 2.05) is 0 Å². The van der Waals surface area contributed by atoms with E-state index in [0.29, 0.717) is 13.1 Å². The normalized spacial score (nSPS) is 22.6. The summed E-state index contributed by atoms with van der Waals surface area (Å²) in [5.41, 5.74) is 5.41. The lowest BCUT2D eigenvalue weighted by Gasteiger charge is -2.14. The number of rotatable bonds is 3. The van der Waals surface area contributed by atoms with Gasteiger partial charge in [-0.3, -0.25) is 4.79 Å². The zero-order valence-electron chi connectivity index (χ0n) is 7.43. The number of urea groups is 1. The van der Waals surface area contributed by atoms with Crippen LogP contribution in [-0.4, -0.2) is 59.6 Å². The van der Waals surface area contributed by atoms with Crippen LogP contribution in [0.3, 0.4) is 0 Å². The maximum absolute atomic E-state index is 11.3. The number of carbonyl (C=O) groups excluding carboxylic acids is 1. The van der Waals surface area contributed by atoms with Gasteiger partial charge in [0.25, 0.3) is 0 Å². The third-order valence-corrected chi connectivity index (χ3v) is 2.15. The lowest BCUT2D eigenvalue weighted by Crippen LogP contribution is -2.35. The molecule has 1 atom stereocenters. The Morgan fingerprint density at radius 3 is 2.77 bits per heavy atom. The van der Waals surface area contributed by atoms with E-state index in [-0.39, 0.29) is 18.6 Å². The van der Waals surface area contributed by atoms with Gasteiger partial charge in [0, 0.05) is 20.1 Å². The Morgan fingerprint density at radius 2 is 2.38 bits per heavy atom. The van der Waals surface area contributed by atoms with Crippen molar-refractivity contribution in [1.82, 2.24) is 9.80 Å². The molecule has 0 saturated carbocycles. The highest BCUT2D eigenvalue weighted by atomic mass is 16.4. The van der Waals surface area contributed by atoms with Gasteiger partial charge >= 0.3 is 12.0 Å². The molecule has 1 saturated heterocycles. The molecule has 1 aliphatic heterocycles. The smallest absolute Gasteiger partial charge is 0.323 e. The van der Waals surface area contributed by atoms with E-state index < -0.39 is 5.97 Å². The SMILES string of the molecule is CN1C(=O)N(CC(=O)O)CC1CN. The highest BCUT2D eigenvalue weighted by Gasteiger charge is 2.34. The van der Waals surface area contributed by atoms with Crippen LogP contribution in [0, 0.1) is 0 Å². The number of nitrogens with zero attached hydrogens (tertiary/aromatic N) is 2. The molecule has 1 aliphatic rings. The molecule has 2 amide bonds. The van der Waals surface area contributed by atoms with Crippen molar-refractivity contribution >= 4 is 12.0 Å². The molecular weight excluding hydrogens is 174 g/mol. The van der Waals surface area contributed by atoms with Crippen molar-refractivity contribution in [3.8, 4) is 0 Å². The lowest BCUT2D eigenvalue weighted by molar-refractivity contribution is -0.137. The summed E-state index contributed by atoms with van der Waals surface area (Å²) in [4.78, 5) is 24.5. The first kappa shape index (κ1) is 9.79. The standard InChI is InChI=1S/C7H13N3O3/c1-9-5(2-8)3-10(7(9)13)4-6(11)12/h5H,2-4,8H2,1H3,(H,11,12). The third-order valence-electron chi connectivity index (χ3n) is 2.15. The van der Waals surface area contributed by atoms with Crippen molar-refractivity contribution in [3.05, 3.63) is 0 Å². The van der Waals surface area contributed by atoms with Crippen LogP contribution >= 0.6 is 0 Å². The van der Waals surface area contributed by atoms with E-state index >= 15 is 0 Å². The maximum atomic E-state index is 11.3. The Bertz CT molecular complexity index is 231. The van der Waals surface area contributed by atoms with Crippen LogP contribution in [0.5, 0.6) is 0 Å². The van der Waals surface area contributed by atoms with Crippen LogP contribution in [0.2, 0.25) is 0 Å². The molecule has 1 unspecified atom stereocenters. The second kappa shape index (κ2) is 3.61. The molecule has 1 rings (SSSR count). The number of hydrogen-bond acceptors (Lipinski definition) is 3. The molecule has 74 valence electrons. The Morgan fingerprint density at radius 1 is 1.77 bits per heavy atom. The lowest BCUT2D eigenvalue weighted by atomic mass is 10.3. The summed E-state index contributed by atoms with van der Waals surface area (Å²) in [5, 5.41) is 8.49. The zero-order valence-corrected chi connectivity index (χ0v) is 7.43. The number of amides is 2. The van der Waals surface area contributed by atoms with Crippen molar-refractivity contribution in [3.63, 3.8) is 0 Å². The summed E-state index contributed by atoms with van der Waals surface area (Å²) < 4.78 is 0. The maximum Gasteiger partial charge on any atom is 0.323 e. The van der Waals surface area contributed by atoms with Crippen molar-refractivity contribution in [2.75, 3.05) is 26.7 Å². The van der Waals surface area contributed by atoms with E-state index in [1.54, 1.807) is 7.05 Å². The van der Waals surface area contributed by atoms with Crippen molar-refractivity contribution in [2.45, 2.75) is 6.04 Å². The van der Waals surface area contributed by atoms with Crippen LogP contribution in [-0.2, 0) is 4.79 Å². The Balaban J connectivity index is 2.60. The van der Waals surface area contributed by atoms with Gasteiger partial charge in [-0.1, -0.05) is 0 Å². The number of aliphatic carboxylic acids is 1. The minimum absolute atomic E-state index is 0.0631. The molecule has 0 aliphatic carbocycles. The fraction of sp³-hybridized carbons (Fsp3) is 0.714. The summed E-state index contributed by atoms with van der Waals surface area (Å²) in [6, 6.07) is -0.329. The molecule has 0 radical (unpaired) electrons. The highest BCUT2D eigenvalue weighted by molar-refractivity contribution is 5.82. The van der Waals surface area contributed by atoms with E-state index in [9.17, 15) is 9.59 Å². The number of carboxylic acids is 1. The van der Waals surface area contributed by atoms with Gasteiger partial charge < -0.3 is 20.6 Å². The fourth-order valence-corrected chi connectivity index (χ4v) is 1.36. The number of hydrogen-bond donors (Lipinski definition) is 2. The second-order valence-electron chi connectivity index (χ2n) is 3.06. The summed E-state index contributed by atoms with van der Waals surface area (Å²) in [7, 11) is 1.63. The van der Waals surface area contributed by atoms with Gasteiger partial charge in [0.05, 0.1) is 6.04 Å². The first-order valence-corrected chi connectivity index (χ1v) is 4.00. The molecule has 0 spiro atoms. The van der Waals surface area contributed by atoms with E-state index in [4.69, 9.17) is 10.8 Å². The first-order valence-electron chi connectivity index (χ1n) is 4.00. The minimum atomic E-state index is -1.00. The molecule has 0 aromatic carbocycles. The average molecular weight is 187 g/mol. The number of carboxylic acid groups (broad SMARTS) is 1. The van der Waals surface area contributed by atoms with Gasteiger partial charge in [-0.05, 0) is 0 Å². The van der Waals surface area contributed by atoms with Crippen molar-refractivity contribution in [1.29, 1.82) is 0 Å². The molecule has 0 aromatic heterocycles. The molecule has 1 fully saturated rings. The monoisotopic (exact) mass is 187 g/mol. The van der Waals surface area contributed by atoms with Crippen LogP contribution < -0.4 is 5.73 Å². The predicted molar refractivity (Wildman–Crippen MR) is 45.2 cm³/mol. The van der Waals surface area contributed by atoms with Gasteiger partial charge in [0.15, 0.2) is 0 Å². The van der Waals surface area contributed by atoms with Gasteiger partial charge in [0.2, 0.25) is 0 Å². The highest BCUT2D eigenvalue weighted by Crippen LogP contribution is 2.11. The van der Waals surface area contributed by atoms with Gasteiger partial charge in [-0.25, -0.2) is 4.79 Å². The fourth-order valence-electron chi connectivity index (χ4n) is 1.36. The number of carbonyl (C=O) groups is 2. The average Bonchev–Trinajstić information content (AvgIpc) is 2.32. The van der Waals surface area contributed by atoms with Crippen LogP contribution in [0.15, 0.2) is 0 Å². The molecular formula is C7H13N3O3. The van der Waals surface area contributed by atoms with Crippen molar-refractivity contribution < 1.29 is 14.7 Å². The Labute approximate surface area is 75.9 Å². The van der Waals surface area contributed by atoms with Gasteiger partial charge in [-0.2, -0.15) is 0 Å². The summed E-state index contributed by atoms with van der Waals surface area (Å²) in [5.74, 6) is -1.00. The summed E-state index contributed by atoms with van der Waals surface area (Å²) in [6.07, 6.45) is 0. The number of likely N-dealkylation sites (N-methyl/N-ethyl adjacent to an activating group) is 1. The van der Waals surface area contributed by atoms with Crippen LogP contribution in [0.1, 0.15) is 0 Å². The minimum Gasteiger partial charge on any atom is -0.480 e. The molecule has 0 bridgehead atoms. The molecule has 3 N–H and O–H groups in total. The van der Waals surface area contributed by atoms with Crippen LogP contribution in [0.25, 0.3) is 0 Å². The number of nitrogens with two attached hydrogens (primary N) is 1. The summed E-state index contributed by atoms with van der Waals surface area (Å²) >= 11 is 0. The second-order valence-corrected chi connectivity index (χ2v) is 3.06. The largest absolute Gasteiger partial charge is 0.480 e. The predicted octanol–water partition coefficient (Wildman–Crippen LogP) is -1.23. The van der Waals surface area contributed by atoms with Gasteiger partial charge in [0.1, 0.15) is 6.54 Å². The quantitative estimate of drug-likeness (QED) is 0.579. The first-order chi connectivity index (χ1) is 6.06. The molecule has 6 nitrogen and oxygen atoms in total. The Kier molecular flexibility index (Phi) is 2.72. The van der Waals surface area contributed by atoms with E-state index in [1.165, 1.54) is 9.80 Å². The van der Waals surface area contributed by atoms with Crippen LogP contribution in [0.4, 0.5) is 4.79 Å². The van der Waals surface area contributed by atoms with Gasteiger partial charge in [-0.15, -0.1) is 0 Å². The molecule has 13 heavy (non-hydrogen) atoms. The van der Waals surface area contributed by atoms with E-state index in [2.05, 4.69) is 0 Å². The molecule has 0 aromatic rings. The summed E-state index contributed by atoms with van der Waals surface area (Å²) in [6.45, 7) is 0.510. The third kappa shape index (κ3) is 1.89. The van der Waals surface area contributed by atoms with E-state index in [0.717, 1.165) is 0 Å². The molecule has 6 heteroatoms. The Hall–Kier alpha value is -1.30. The van der Waals surface area contributed by atoms with Crippen molar-refractivity contribution in [2.24, 2.45) is 5.73 Å². The molecule has 1 heterocycles. The zero-order chi connectivity index (χ0) is 10.0.